The van der Waals surface area contributed by atoms with Gasteiger partial charge in [0.2, 0.25) is 17.7 Å². The third-order valence-electron chi connectivity index (χ3n) is 6.64. The Hall–Kier alpha value is -3.40. The van der Waals surface area contributed by atoms with E-state index >= 15 is 0 Å². The van der Waals surface area contributed by atoms with Crippen LogP contribution in [0.3, 0.4) is 0 Å². The Morgan fingerprint density at radius 1 is 1.09 bits per heavy atom. The SMILES string of the molecule is CCC(C)C(NC(=O)C(C)NC(=O)C(Cc1c[nH]c2ccccc12)NC(=O)C1CCCN1)C(=O)O. The van der Waals surface area contributed by atoms with E-state index < -0.39 is 35.9 Å². The lowest BCUT2D eigenvalue weighted by Crippen LogP contribution is -2.57. The van der Waals surface area contributed by atoms with E-state index in [1.807, 2.05) is 37.4 Å². The molecule has 190 valence electrons. The Morgan fingerprint density at radius 2 is 1.83 bits per heavy atom. The average molecular weight is 486 g/mol. The fraction of sp³-hybridized carbons (Fsp3) is 0.520. The number of H-pyrrole nitrogens is 1. The number of carbonyl (C=O) groups is 4. The molecule has 5 unspecified atom stereocenters. The molecule has 10 nitrogen and oxygen atoms in total. The molecule has 35 heavy (non-hydrogen) atoms. The third-order valence-corrected chi connectivity index (χ3v) is 6.64. The molecular weight excluding hydrogens is 450 g/mol. The Balaban J connectivity index is 1.73. The summed E-state index contributed by atoms with van der Waals surface area (Å²) in [4.78, 5) is 53.4. The first-order chi connectivity index (χ1) is 16.7. The molecule has 2 aromatic rings. The Morgan fingerprint density at radius 3 is 2.49 bits per heavy atom. The number of aromatic nitrogens is 1. The number of aromatic amines is 1. The molecule has 1 aliphatic heterocycles. The van der Waals surface area contributed by atoms with Gasteiger partial charge in [0.25, 0.3) is 0 Å². The van der Waals surface area contributed by atoms with Gasteiger partial charge in [-0.15, -0.1) is 0 Å². The van der Waals surface area contributed by atoms with Crippen molar-refractivity contribution in [3.63, 3.8) is 0 Å². The van der Waals surface area contributed by atoms with Gasteiger partial charge in [0.1, 0.15) is 18.1 Å². The van der Waals surface area contributed by atoms with Gasteiger partial charge < -0.3 is 31.4 Å². The number of rotatable bonds is 11. The van der Waals surface area contributed by atoms with Crippen LogP contribution >= 0.6 is 0 Å². The highest BCUT2D eigenvalue weighted by atomic mass is 16.4. The number of aliphatic carboxylic acids is 1. The number of benzene rings is 1. The van der Waals surface area contributed by atoms with Gasteiger partial charge in [-0.3, -0.25) is 14.4 Å². The molecule has 1 aliphatic rings. The number of carboxylic acids is 1. The molecule has 1 fully saturated rings. The quantitative estimate of drug-likeness (QED) is 0.280. The van der Waals surface area contributed by atoms with Crippen LogP contribution < -0.4 is 21.3 Å². The molecule has 2 heterocycles. The summed E-state index contributed by atoms with van der Waals surface area (Å²) in [5.41, 5.74) is 1.78. The van der Waals surface area contributed by atoms with Crippen LogP contribution in [0.5, 0.6) is 0 Å². The van der Waals surface area contributed by atoms with Crippen LogP contribution in [0.4, 0.5) is 0 Å². The van der Waals surface area contributed by atoms with E-state index in [0.29, 0.717) is 12.8 Å². The smallest absolute Gasteiger partial charge is 0.326 e. The highest BCUT2D eigenvalue weighted by Crippen LogP contribution is 2.19. The first-order valence-electron chi connectivity index (χ1n) is 12.1. The van der Waals surface area contributed by atoms with Crippen LogP contribution in [-0.4, -0.2) is 64.5 Å². The van der Waals surface area contributed by atoms with Gasteiger partial charge in [-0.25, -0.2) is 4.79 Å². The standard InChI is InChI=1S/C25H35N5O5/c1-4-14(2)21(25(34)35)30-22(31)15(3)28-24(33)20(29-23(32)19-10-7-11-26-19)12-16-13-27-18-9-6-5-8-17(16)18/h5-6,8-9,13-15,19-21,26-27H,4,7,10-12H2,1-3H3,(H,28,33)(H,29,32)(H,30,31)(H,34,35). The minimum atomic E-state index is -1.13. The lowest BCUT2D eigenvalue weighted by atomic mass is 9.99. The summed E-state index contributed by atoms with van der Waals surface area (Å²) in [7, 11) is 0. The predicted octanol–water partition coefficient (Wildman–Crippen LogP) is 1.07. The van der Waals surface area contributed by atoms with Crippen molar-refractivity contribution in [2.75, 3.05) is 6.54 Å². The average Bonchev–Trinajstić information content (AvgIpc) is 3.52. The largest absolute Gasteiger partial charge is 0.480 e. The normalized spacial score (nSPS) is 18.9. The number of carboxylic acid groups (broad SMARTS) is 1. The Bertz CT molecular complexity index is 1060. The van der Waals surface area contributed by atoms with Gasteiger partial charge >= 0.3 is 5.97 Å². The molecule has 5 atom stereocenters. The summed E-state index contributed by atoms with van der Waals surface area (Å²) in [5.74, 6) is -2.77. The molecular formula is C25H35N5O5. The minimum Gasteiger partial charge on any atom is -0.480 e. The van der Waals surface area contributed by atoms with Crippen LogP contribution in [0.2, 0.25) is 0 Å². The molecule has 0 bridgehead atoms. The van der Waals surface area contributed by atoms with Crippen LogP contribution in [0.25, 0.3) is 10.9 Å². The number of fused-ring (bicyclic) bond motifs is 1. The summed E-state index contributed by atoms with van der Waals surface area (Å²) in [6, 6.07) is 4.36. The maximum atomic E-state index is 13.2. The number of para-hydroxylation sites is 1. The molecule has 1 aromatic carbocycles. The zero-order valence-electron chi connectivity index (χ0n) is 20.4. The summed E-state index contributed by atoms with van der Waals surface area (Å²) in [6.45, 7) is 5.82. The highest BCUT2D eigenvalue weighted by molar-refractivity contribution is 5.94. The molecule has 0 radical (unpaired) electrons. The molecule has 0 spiro atoms. The molecule has 3 rings (SSSR count). The molecule has 1 saturated heterocycles. The minimum absolute atomic E-state index is 0.229. The van der Waals surface area contributed by atoms with E-state index in [-0.39, 0.29) is 24.3 Å². The van der Waals surface area contributed by atoms with E-state index in [1.165, 1.54) is 6.92 Å². The second-order valence-electron chi connectivity index (χ2n) is 9.21. The molecule has 10 heteroatoms. The predicted molar refractivity (Wildman–Crippen MR) is 132 cm³/mol. The number of amides is 3. The van der Waals surface area contributed by atoms with Crippen molar-refractivity contribution in [1.29, 1.82) is 0 Å². The maximum Gasteiger partial charge on any atom is 0.326 e. The second-order valence-corrected chi connectivity index (χ2v) is 9.21. The van der Waals surface area contributed by atoms with Crippen LogP contribution in [-0.2, 0) is 25.6 Å². The van der Waals surface area contributed by atoms with E-state index in [0.717, 1.165) is 29.4 Å². The van der Waals surface area contributed by atoms with Crippen LogP contribution in [0.1, 0.15) is 45.6 Å². The number of hydrogen-bond donors (Lipinski definition) is 6. The van der Waals surface area contributed by atoms with E-state index in [9.17, 15) is 24.3 Å². The van der Waals surface area contributed by atoms with Crippen molar-refractivity contribution in [1.82, 2.24) is 26.3 Å². The van der Waals surface area contributed by atoms with Gasteiger partial charge in [0, 0.05) is 23.5 Å². The first kappa shape index (κ1) is 26.2. The zero-order chi connectivity index (χ0) is 25.5. The first-order valence-corrected chi connectivity index (χ1v) is 12.1. The van der Waals surface area contributed by atoms with Crippen LogP contribution in [0.15, 0.2) is 30.5 Å². The Labute approximate surface area is 204 Å². The third kappa shape index (κ3) is 6.60. The number of nitrogens with one attached hydrogen (secondary N) is 5. The van der Waals surface area contributed by atoms with Crippen molar-refractivity contribution >= 4 is 34.6 Å². The number of hydrogen-bond acceptors (Lipinski definition) is 5. The summed E-state index contributed by atoms with van der Waals surface area (Å²) in [5, 5.41) is 21.5. The van der Waals surface area contributed by atoms with Crippen molar-refractivity contribution in [2.45, 2.75) is 70.6 Å². The number of carbonyl (C=O) groups excluding carboxylic acids is 3. The van der Waals surface area contributed by atoms with E-state index in [4.69, 9.17) is 0 Å². The van der Waals surface area contributed by atoms with Gasteiger partial charge in [-0.05, 0) is 43.9 Å². The fourth-order valence-electron chi connectivity index (χ4n) is 4.25. The second kappa shape index (κ2) is 11.8. The fourth-order valence-corrected chi connectivity index (χ4v) is 4.25. The molecule has 0 saturated carbocycles. The monoisotopic (exact) mass is 485 g/mol. The van der Waals surface area contributed by atoms with Crippen LogP contribution in [0, 0.1) is 5.92 Å². The van der Waals surface area contributed by atoms with Crippen molar-refractivity contribution < 1.29 is 24.3 Å². The summed E-state index contributed by atoms with van der Waals surface area (Å²) in [6.07, 6.45) is 4.19. The summed E-state index contributed by atoms with van der Waals surface area (Å²) >= 11 is 0. The van der Waals surface area contributed by atoms with Gasteiger partial charge in [0.05, 0.1) is 6.04 Å². The molecule has 3 amide bonds. The molecule has 6 N–H and O–H groups in total. The van der Waals surface area contributed by atoms with E-state index in [1.54, 1.807) is 6.92 Å². The van der Waals surface area contributed by atoms with Gasteiger partial charge in [0.15, 0.2) is 0 Å². The molecule has 0 aliphatic carbocycles. The van der Waals surface area contributed by atoms with E-state index in [2.05, 4.69) is 26.3 Å². The topological polar surface area (TPSA) is 152 Å². The van der Waals surface area contributed by atoms with Gasteiger partial charge in [-0.2, -0.15) is 0 Å². The lowest BCUT2D eigenvalue weighted by Gasteiger charge is -2.25. The van der Waals surface area contributed by atoms with Crippen molar-refractivity contribution in [3.05, 3.63) is 36.0 Å². The molecule has 1 aromatic heterocycles. The van der Waals surface area contributed by atoms with Crippen molar-refractivity contribution in [2.24, 2.45) is 5.92 Å². The van der Waals surface area contributed by atoms with Crippen molar-refractivity contribution in [3.8, 4) is 0 Å². The van der Waals surface area contributed by atoms with Gasteiger partial charge in [-0.1, -0.05) is 38.5 Å². The highest BCUT2D eigenvalue weighted by Gasteiger charge is 2.31. The summed E-state index contributed by atoms with van der Waals surface area (Å²) < 4.78 is 0. The Kier molecular flexibility index (Phi) is 8.86. The maximum absolute atomic E-state index is 13.2. The lowest BCUT2D eigenvalue weighted by molar-refractivity contribution is -0.143. The zero-order valence-corrected chi connectivity index (χ0v) is 20.4.